The van der Waals surface area contributed by atoms with Crippen molar-refractivity contribution in [2.24, 2.45) is 7.05 Å². The third kappa shape index (κ3) is 3.40. The van der Waals surface area contributed by atoms with E-state index in [2.05, 4.69) is 20.3 Å². The van der Waals surface area contributed by atoms with Gasteiger partial charge in [0, 0.05) is 18.5 Å². The molecule has 0 fully saturated rings. The van der Waals surface area contributed by atoms with Gasteiger partial charge >= 0.3 is 0 Å². The van der Waals surface area contributed by atoms with Crippen LogP contribution in [0.2, 0.25) is 5.02 Å². The van der Waals surface area contributed by atoms with E-state index in [-0.39, 0.29) is 5.92 Å². The maximum Gasteiger partial charge on any atom is 0.237 e. The summed E-state index contributed by atoms with van der Waals surface area (Å²) >= 11 is 7.72. The quantitative estimate of drug-likeness (QED) is 0.650. The third-order valence-electron chi connectivity index (χ3n) is 3.27. The topological polar surface area (TPSA) is 69.6 Å². The minimum atomic E-state index is 0.249. The third-order valence-corrected chi connectivity index (χ3v) is 4.61. The summed E-state index contributed by atoms with van der Waals surface area (Å²) in [7, 11) is 1.91. The Morgan fingerprint density at radius 3 is 2.74 bits per heavy atom. The van der Waals surface area contributed by atoms with Crippen molar-refractivity contribution in [3.63, 3.8) is 0 Å². The van der Waals surface area contributed by atoms with Crippen LogP contribution in [0, 0.1) is 0 Å². The van der Waals surface area contributed by atoms with E-state index in [0.717, 1.165) is 22.4 Å². The fraction of sp³-hybridized carbons (Fsp3) is 0.333. The predicted molar refractivity (Wildman–Crippen MR) is 89.4 cm³/mol. The van der Waals surface area contributed by atoms with Gasteiger partial charge in [0.25, 0.3) is 0 Å². The molecule has 120 valence electrons. The number of rotatable bonds is 5. The van der Waals surface area contributed by atoms with E-state index in [1.807, 2.05) is 49.7 Å². The fourth-order valence-electron chi connectivity index (χ4n) is 2.01. The Kier molecular flexibility index (Phi) is 4.68. The van der Waals surface area contributed by atoms with Crippen molar-refractivity contribution in [2.45, 2.75) is 30.7 Å². The molecule has 0 aliphatic carbocycles. The molecule has 3 rings (SSSR count). The number of hydrogen-bond donors (Lipinski definition) is 0. The lowest BCUT2D eigenvalue weighted by Gasteiger charge is -2.04. The average Bonchev–Trinajstić information content (AvgIpc) is 3.13. The van der Waals surface area contributed by atoms with Crippen molar-refractivity contribution in [1.82, 2.24) is 24.9 Å². The summed E-state index contributed by atoms with van der Waals surface area (Å²) in [5.41, 5.74) is 0.857. The number of hydrogen-bond acceptors (Lipinski definition) is 6. The van der Waals surface area contributed by atoms with Crippen molar-refractivity contribution in [2.75, 3.05) is 0 Å². The predicted octanol–water partition coefficient (Wildman–Crippen LogP) is 3.93. The molecular formula is C15H16ClN5OS. The van der Waals surface area contributed by atoms with E-state index in [4.69, 9.17) is 16.1 Å². The Morgan fingerprint density at radius 1 is 1.26 bits per heavy atom. The molecule has 0 saturated carbocycles. The smallest absolute Gasteiger partial charge is 0.237 e. The summed E-state index contributed by atoms with van der Waals surface area (Å²) in [6.07, 6.45) is 0. The molecule has 0 amide bonds. The van der Waals surface area contributed by atoms with Crippen LogP contribution < -0.4 is 0 Å². The Morgan fingerprint density at radius 2 is 2.04 bits per heavy atom. The monoisotopic (exact) mass is 349 g/mol. The molecule has 0 saturated heterocycles. The van der Waals surface area contributed by atoms with Crippen LogP contribution in [0.3, 0.4) is 0 Å². The van der Waals surface area contributed by atoms with E-state index in [1.165, 1.54) is 11.8 Å². The zero-order chi connectivity index (χ0) is 16.4. The summed E-state index contributed by atoms with van der Waals surface area (Å²) in [5, 5.41) is 13.8. The van der Waals surface area contributed by atoms with Gasteiger partial charge in [-0.2, -0.15) is 4.98 Å². The van der Waals surface area contributed by atoms with Gasteiger partial charge in [-0.25, -0.2) is 0 Å². The Balaban J connectivity index is 1.76. The first-order valence-electron chi connectivity index (χ1n) is 7.16. The van der Waals surface area contributed by atoms with E-state index in [1.54, 1.807) is 0 Å². The zero-order valence-electron chi connectivity index (χ0n) is 13.0. The summed E-state index contributed by atoms with van der Waals surface area (Å²) in [4.78, 5) is 4.36. The molecule has 6 nitrogen and oxygen atoms in total. The summed E-state index contributed by atoms with van der Waals surface area (Å²) in [6, 6.07) is 7.58. The van der Waals surface area contributed by atoms with Gasteiger partial charge < -0.3 is 9.09 Å². The van der Waals surface area contributed by atoms with Crippen molar-refractivity contribution >= 4 is 23.4 Å². The fourth-order valence-corrected chi connectivity index (χ4v) is 2.97. The summed E-state index contributed by atoms with van der Waals surface area (Å²) < 4.78 is 7.15. The van der Waals surface area contributed by atoms with E-state index in [9.17, 15) is 0 Å². The molecule has 0 aliphatic rings. The first-order chi connectivity index (χ1) is 11.1. The zero-order valence-corrected chi connectivity index (χ0v) is 14.6. The van der Waals surface area contributed by atoms with Crippen molar-refractivity contribution in [3.8, 4) is 11.4 Å². The second-order valence-electron chi connectivity index (χ2n) is 5.33. The van der Waals surface area contributed by atoms with Gasteiger partial charge in [0.1, 0.15) is 0 Å². The Labute approximate surface area is 143 Å². The van der Waals surface area contributed by atoms with E-state index >= 15 is 0 Å². The van der Waals surface area contributed by atoms with Crippen LogP contribution in [0.1, 0.15) is 31.5 Å². The number of nitrogens with zero attached hydrogens (tertiary/aromatic N) is 5. The van der Waals surface area contributed by atoms with Crippen LogP contribution in [0.15, 0.2) is 33.9 Å². The lowest BCUT2D eigenvalue weighted by molar-refractivity contribution is 0.382. The molecule has 0 bridgehead atoms. The van der Waals surface area contributed by atoms with Crippen LogP contribution in [0.5, 0.6) is 0 Å². The summed E-state index contributed by atoms with van der Waals surface area (Å²) in [5.74, 6) is 2.83. The van der Waals surface area contributed by atoms with Crippen LogP contribution >= 0.6 is 23.4 Å². The molecule has 0 unspecified atom stereocenters. The average molecular weight is 350 g/mol. The highest BCUT2D eigenvalue weighted by Crippen LogP contribution is 2.29. The van der Waals surface area contributed by atoms with E-state index in [0.29, 0.717) is 16.7 Å². The minimum Gasteiger partial charge on any atom is -0.338 e. The number of thioether (sulfide) groups is 1. The molecule has 2 heterocycles. The van der Waals surface area contributed by atoms with Gasteiger partial charge in [0.15, 0.2) is 16.8 Å². The standard InChI is InChI=1S/C15H16ClN5OS/c1-9(2)13-17-12(22-20-13)8-23-15-19-18-14(21(15)3)10-6-4-5-7-11(10)16/h4-7,9H,8H2,1-3H3. The SMILES string of the molecule is CC(C)c1noc(CSc2nnc(-c3ccccc3Cl)n2C)n1. The lowest BCUT2D eigenvalue weighted by Crippen LogP contribution is -1.96. The van der Waals surface area contributed by atoms with Gasteiger partial charge in [-0.1, -0.05) is 54.5 Å². The summed E-state index contributed by atoms with van der Waals surface area (Å²) in [6.45, 7) is 4.06. The highest BCUT2D eigenvalue weighted by molar-refractivity contribution is 7.98. The molecule has 2 aromatic heterocycles. The molecule has 0 N–H and O–H groups in total. The lowest BCUT2D eigenvalue weighted by atomic mass is 10.2. The number of halogens is 1. The molecule has 0 radical (unpaired) electrons. The number of aromatic nitrogens is 5. The first kappa shape index (κ1) is 16.0. The van der Waals surface area contributed by atoms with Crippen molar-refractivity contribution in [1.29, 1.82) is 0 Å². The minimum absolute atomic E-state index is 0.249. The highest BCUT2D eigenvalue weighted by atomic mass is 35.5. The van der Waals surface area contributed by atoms with Gasteiger partial charge in [0.05, 0.1) is 10.8 Å². The van der Waals surface area contributed by atoms with Gasteiger partial charge in [-0.05, 0) is 12.1 Å². The highest BCUT2D eigenvalue weighted by Gasteiger charge is 2.15. The van der Waals surface area contributed by atoms with Crippen LogP contribution in [0.25, 0.3) is 11.4 Å². The molecular weight excluding hydrogens is 334 g/mol. The van der Waals surface area contributed by atoms with Gasteiger partial charge in [-0.3, -0.25) is 0 Å². The molecule has 8 heteroatoms. The first-order valence-corrected chi connectivity index (χ1v) is 8.52. The molecule has 0 aliphatic heterocycles. The Bertz CT molecular complexity index is 814. The molecule has 0 atom stereocenters. The van der Waals surface area contributed by atoms with E-state index < -0.39 is 0 Å². The number of benzene rings is 1. The largest absolute Gasteiger partial charge is 0.338 e. The van der Waals surface area contributed by atoms with Crippen molar-refractivity contribution in [3.05, 3.63) is 41.0 Å². The Hall–Kier alpha value is -1.86. The maximum atomic E-state index is 6.22. The maximum absolute atomic E-state index is 6.22. The second kappa shape index (κ2) is 6.72. The molecule has 1 aromatic carbocycles. The van der Waals surface area contributed by atoms with Crippen molar-refractivity contribution < 1.29 is 4.52 Å². The van der Waals surface area contributed by atoms with Crippen LogP contribution in [-0.4, -0.2) is 24.9 Å². The molecule has 3 aromatic rings. The van der Waals surface area contributed by atoms with Crippen LogP contribution in [-0.2, 0) is 12.8 Å². The molecule has 0 spiro atoms. The normalized spacial score (nSPS) is 11.3. The van der Waals surface area contributed by atoms with Gasteiger partial charge in [0.2, 0.25) is 5.89 Å². The second-order valence-corrected chi connectivity index (χ2v) is 6.68. The van der Waals surface area contributed by atoms with Crippen LogP contribution in [0.4, 0.5) is 0 Å². The van der Waals surface area contributed by atoms with Gasteiger partial charge in [-0.15, -0.1) is 10.2 Å². The molecule has 23 heavy (non-hydrogen) atoms.